The van der Waals surface area contributed by atoms with E-state index in [0.29, 0.717) is 48.2 Å². The van der Waals surface area contributed by atoms with E-state index in [2.05, 4.69) is 20.7 Å². The number of allylic oxidation sites excluding steroid dienone is 1. The molecule has 172 valence electrons. The van der Waals surface area contributed by atoms with Gasteiger partial charge in [-0.1, -0.05) is 12.1 Å². The smallest absolute Gasteiger partial charge is 0.255 e. The summed E-state index contributed by atoms with van der Waals surface area (Å²) in [5, 5.41) is 19.8. The molecule has 8 nitrogen and oxygen atoms in total. The zero-order chi connectivity index (χ0) is 23.4. The summed E-state index contributed by atoms with van der Waals surface area (Å²) in [5.74, 6) is 1.13. The van der Waals surface area contributed by atoms with Gasteiger partial charge in [-0.3, -0.25) is 4.79 Å². The Hall–Kier alpha value is -3.72. The number of aromatic nitrogens is 3. The number of nitrogens with zero attached hydrogens (tertiary/aromatic N) is 3. The Morgan fingerprint density at radius 1 is 1.21 bits per heavy atom. The lowest BCUT2D eigenvalue weighted by molar-refractivity contribution is -0.113. The van der Waals surface area contributed by atoms with Crippen LogP contribution in [0.4, 0.5) is 16.0 Å². The number of carbonyl (C=O) groups is 1. The average molecular weight is 452 g/mol. The Kier molecular flexibility index (Phi) is 6.69. The molecule has 0 saturated heterocycles. The van der Waals surface area contributed by atoms with Crippen LogP contribution < -0.4 is 15.4 Å². The van der Waals surface area contributed by atoms with Gasteiger partial charge in [-0.05, 0) is 62.2 Å². The first-order valence-electron chi connectivity index (χ1n) is 10.8. The zero-order valence-electron chi connectivity index (χ0n) is 18.5. The molecule has 0 spiro atoms. The Morgan fingerprint density at radius 3 is 2.61 bits per heavy atom. The van der Waals surface area contributed by atoms with E-state index < -0.39 is 6.04 Å². The number of aliphatic hydroxyl groups is 1. The first-order valence-corrected chi connectivity index (χ1v) is 10.8. The highest BCUT2D eigenvalue weighted by atomic mass is 19.1. The predicted molar refractivity (Wildman–Crippen MR) is 123 cm³/mol. The van der Waals surface area contributed by atoms with Crippen LogP contribution in [0.15, 0.2) is 59.8 Å². The summed E-state index contributed by atoms with van der Waals surface area (Å²) in [7, 11) is 0. The molecule has 0 bridgehead atoms. The minimum atomic E-state index is -0.534. The van der Waals surface area contributed by atoms with Crippen LogP contribution in [0.25, 0.3) is 0 Å². The van der Waals surface area contributed by atoms with Crippen molar-refractivity contribution in [3.8, 4) is 5.75 Å². The van der Waals surface area contributed by atoms with E-state index in [1.165, 1.54) is 24.3 Å². The van der Waals surface area contributed by atoms with Crippen molar-refractivity contribution < 1.29 is 19.0 Å². The Morgan fingerprint density at radius 2 is 1.94 bits per heavy atom. The lowest BCUT2D eigenvalue weighted by Crippen LogP contribution is -2.31. The number of nitrogens with one attached hydrogen (secondary N) is 2. The molecule has 1 atom stereocenters. The third-order valence-corrected chi connectivity index (χ3v) is 5.31. The van der Waals surface area contributed by atoms with Crippen molar-refractivity contribution in [1.29, 1.82) is 0 Å². The molecule has 0 unspecified atom stereocenters. The first kappa shape index (κ1) is 22.5. The SMILES string of the molecule is CCOc1ccc([C@@H]2C(C(=O)Nc3ccc(F)cc3)=C(C)Nc3nc(CCCO)nn32)cc1. The van der Waals surface area contributed by atoms with Crippen LogP contribution >= 0.6 is 0 Å². The summed E-state index contributed by atoms with van der Waals surface area (Å²) in [6.45, 7) is 4.33. The molecule has 0 aliphatic carbocycles. The molecule has 2 aromatic carbocycles. The number of halogens is 1. The van der Waals surface area contributed by atoms with Crippen LogP contribution in [-0.2, 0) is 11.2 Å². The molecule has 3 N–H and O–H groups in total. The van der Waals surface area contributed by atoms with Gasteiger partial charge in [-0.25, -0.2) is 9.07 Å². The Balaban J connectivity index is 1.73. The second kappa shape index (κ2) is 9.83. The summed E-state index contributed by atoms with van der Waals surface area (Å²) in [6.07, 6.45) is 1.06. The summed E-state index contributed by atoms with van der Waals surface area (Å²) < 4.78 is 20.5. The quantitative estimate of drug-likeness (QED) is 0.483. The van der Waals surface area contributed by atoms with Gasteiger partial charge in [-0.15, -0.1) is 0 Å². The van der Waals surface area contributed by atoms with Crippen molar-refractivity contribution in [2.24, 2.45) is 0 Å². The van der Waals surface area contributed by atoms with E-state index in [9.17, 15) is 9.18 Å². The Labute approximate surface area is 191 Å². The fourth-order valence-corrected chi connectivity index (χ4v) is 3.79. The molecule has 0 fully saturated rings. The number of ether oxygens (including phenoxy) is 1. The molecular formula is C24H26FN5O3. The third-order valence-electron chi connectivity index (χ3n) is 5.31. The monoisotopic (exact) mass is 451 g/mol. The van der Waals surface area contributed by atoms with E-state index in [-0.39, 0.29) is 18.3 Å². The van der Waals surface area contributed by atoms with Crippen LogP contribution in [-0.4, -0.2) is 39.0 Å². The van der Waals surface area contributed by atoms with E-state index in [1.807, 2.05) is 38.1 Å². The minimum Gasteiger partial charge on any atom is -0.494 e. The van der Waals surface area contributed by atoms with Crippen LogP contribution in [0.2, 0.25) is 0 Å². The lowest BCUT2D eigenvalue weighted by Gasteiger charge is -2.28. The molecule has 0 radical (unpaired) electrons. The molecule has 2 heterocycles. The molecule has 1 amide bonds. The highest BCUT2D eigenvalue weighted by Crippen LogP contribution is 2.36. The maximum absolute atomic E-state index is 13.4. The highest BCUT2D eigenvalue weighted by molar-refractivity contribution is 6.06. The second-order valence-corrected chi connectivity index (χ2v) is 7.65. The fourth-order valence-electron chi connectivity index (χ4n) is 3.79. The standard InChI is InChI=1S/C24H26FN5O3/c1-3-33-19-12-6-16(7-13-19)22-21(23(32)27-18-10-8-17(25)9-11-18)15(2)26-24-28-20(5-4-14-31)29-30(22)24/h6-13,22,31H,3-5,14H2,1-2H3,(H,27,32)(H,26,28,29)/t22-/m1/s1. The van der Waals surface area contributed by atoms with Crippen molar-refractivity contribution >= 4 is 17.5 Å². The summed E-state index contributed by atoms with van der Waals surface area (Å²) in [5.41, 5.74) is 2.43. The second-order valence-electron chi connectivity index (χ2n) is 7.65. The third kappa shape index (κ3) is 4.88. The van der Waals surface area contributed by atoms with Crippen molar-refractivity contribution in [1.82, 2.24) is 14.8 Å². The van der Waals surface area contributed by atoms with Crippen LogP contribution in [0.5, 0.6) is 5.75 Å². The number of hydrogen-bond donors (Lipinski definition) is 3. The number of rotatable bonds is 8. The van der Waals surface area contributed by atoms with Gasteiger partial charge in [0, 0.05) is 24.4 Å². The topological polar surface area (TPSA) is 101 Å². The number of carbonyl (C=O) groups excluding carboxylic acids is 1. The van der Waals surface area contributed by atoms with E-state index in [4.69, 9.17) is 9.84 Å². The number of hydrogen-bond acceptors (Lipinski definition) is 6. The predicted octanol–water partition coefficient (Wildman–Crippen LogP) is 3.67. The number of anilines is 2. The largest absolute Gasteiger partial charge is 0.494 e. The minimum absolute atomic E-state index is 0.0439. The number of amides is 1. The molecule has 3 aromatic rings. The van der Waals surface area contributed by atoms with Gasteiger partial charge in [-0.2, -0.15) is 10.1 Å². The lowest BCUT2D eigenvalue weighted by atomic mass is 9.95. The van der Waals surface area contributed by atoms with E-state index in [0.717, 1.165) is 11.3 Å². The molecule has 1 aromatic heterocycles. The normalized spacial score (nSPS) is 15.1. The van der Waals surface area contributed by atoms with Gasteiger partial charge in [0.1, 0.15) is 17.6 Å². The Bertz CT molecular complexity index is 1160. The summed E-state index contributed by atoms with van der Waals surface area (Å²) in [4.78, 5) is 17.9. The van der Waals surface area contributed by atoms with Crippen molar-refractivity contribution in [2.75, 3.05) is 23.8 Å². The first-order chi connectivity index (χ1) is 16.0. The van der Waals surface area contributed by atoms with Gasteiger partial charge in [0.2, 0.25) is 5.95 Å². The zero-order valence-corrected chi connectivity index (χ0v) is 18.5. The molecule has 1 aliphatic rings. The van der Waals surface area contributed by atoms with Crippen LogP contribution in [0.3, 0.4) is 0 Å². The van der Waals surface area contributed by atoms with E-state index in [1.54, 1.807) is 4.68 Å². The van der Waals surface area contributed by atoms with Crippen molar-refractivity contribution in [3.05, 3.63) is 77.0 Å². The van der Waals surface area contributed by atoms with Gasteiger partial charge in [0.15, 0.2) is 5.82 Å². The number of aryl methyl sites for hydroxylation is 1. The molecule has 33 heavy (non-hydrogen) atoms. The van der Waals surface area contributed by atoms with Crippen LogP contribution in [0, 0.1) is 5.82 Å². The number of aliphatic hydroxyl groups excluding tert-OH is 1. The van der Waals surface area contributed by atoms with E-state index >= 15 is 0 Å². The molecular weight excluding hydrogens is 425 g/mol. The average Bonchev–Trinajstić information content (AvgIpc) is 3.21. The van der Waals surface area contributed by atoms with Gasteiger partial charge in [0.25, 0.3) is 5.91 Å². The number of benzene rings is 2. The molecule has 1 aliphatic heterocycles. The summed E-state index contributed by atoms with van der Waals surface area (Å²) in [6, 6.07) is 12.6. The maximum atomic E-state index is 13.4. The molecule has 0 saturated carbocycles. The van der Waals surface area contributed by atoms with Gasteiger partial charge in [0.05, 0.1) is 12.2 Å². The van der Waals surface area contributed by atoms with Crippen LogP contribution in [0.1, 0.15) is 37.7 Å². The maximum Gasteiger partial charge on any atom is 0.255 e. The fraction of sp³-hybridized carbons (Fsp3) is 0.292. The molecule has 9 heteroatoms. The van der Waals surface area contributed by atoms with Gasteiger partial charge < -0.3 is 20.5 Å². The summed E-state index contributed by atoms with van der Waals surface area (Å²) >= 11 is 0. The highest BCUT2D eigenvalue weighted by Gasteiger charge is 2.34. The van der Waals surface area contributed by atoms with Crippen molar-refractivity contribution in [3.63, 3.8) is 0 Å². The van der Waals surface area contributed by atoms with Crippen molar-refractivity contribution in [2.45, 2.75) is 32.7 Å². The van der Waals surface area contributed by atoms with Gasteiger partial charge >= 0.3 is 0 Å². The molecule has 4 rings (SSSR count). The number of fused-ring (bicyclic) bond motifs is 1.